The van der Waals surface area contributed by atoms with E-state index in [0.717, 1.165) is 6.42 Å². The van der Waals surface area contributed by atoms with Crippen molar-refractivity contribution in [2.45, 2.75) is 19.8 Å². The number of benzene rings is 1. The smallest absolute Gasteiger partial charge is 0.232 e. The van der Waals surface area contributed by atoms with E-state index >= 15 is 0 Å². The molecule has 0 unspecified atom stereocenters. The first kappa shape index (κ1) is 14.4. The predicted octanol–water partition coefficient (Wildman–Crippen LogP) is 3.12. The molecule has 0 atom stereocenters. The first-order chi connectivity index (χ1) is 7.85. The summed E-state index contributed by atoms with van der Waals surface area (Å²) in [5.74, 6) is 0.0435. The summed E-state index contributed by atoms with van der Waals surface area (Å²) in [6.45, 7) is 1.92. The number of rotatable bonds is 5. The fraction of sp³-hybridized carbons (Fsp3) is 0.400. The van der Waals surface area contributed by atoms with Gasteiger partial charge in [0.1, 0.15) is 0 Å². The molecule has 0 bridgehead atoms. The van der Waals surface area contributed by atoms with Crippen LogP contribution in [0.5, 0.6) is 0 Å². The van der Waals surface area contributed by atoms with Gasteiger partial charge in [-0.05, 0) is 18.6 Å². The van der Waals surface area contributed by atoms with Gasteiger partial charge in [-0.25, -0.2) is 8.42 Å². The number of halogens is 2. The zero-order chi connectivity index (χ0) is 13.1. The minimum absolute atomic E-state index is 0.0435. The SMILES string of the molecule is CCCCS(=O)(=O)Nc1c(N)cc(Cl)cc1Cl. The maximum absolute atomic E-state index is 11.7. The van der Waals surface area contributed by atoms with Crippen LogP contribution in [0.1, 0.15) is 19.8 Å². The lowest BCUT2D eigenvalue weighted by Crippen LogP contribution is -2.17. The number of hydrogen-bond acceptors (Lipinski definition) is 3. The molecule has 0 aliphatic rings. The molecular formula is C10H14Cl2N2O2S. The molecule has 1 rings (SSSR count). The molecule has 0 saturated heterocycles. The van der Waals surface area contributed by atoms with E-state index in [1.54, 1.807) is 0 Å². The van der Waals surface area contributed by atoms with Gasteiger partial charge in [0.15, 0.2) is 0 Å². The van der Waals surface area contributed by atoms with Crippen molar-refractivity contribution in [3.63, 3.8) is 0 Å². The molecule has 96 valence electrons. The van der Waals surface area contributed by atoms with Crippen LogP contribution in [0.4, 0.5) is 11.4 Å². The van der Waals surface area contributed by atoms with Crippen LogP contribution in [0.25, 0.3) is 0 Å². The fourth-order valence-electron chi connectivity index (χ4n) is 1.24. The molecule has 0 aromatic heterocycles. The minimum atomic E-state index is -3.41. The summed E-state index contributed by atoms with van der Waals surface area (Å²) in [6.07, 6.45) is 1.38. The Hall–Kier alpha value is -0.650. The summed E-state index contributed by atoms with van der Waals surface area (Å²) in [7, 11) is -3.41. The molecule has 4 nitrogen and oxygen atoms in total. The lowest BCUT2D eigenvalue weighted by atomic mass is 10.3. The van der Waals surface area contributed by atoms with Crippen molar-refractivity contribution < 1.29 is 8.42 Å². The molecule has 0 amide bonds. The molecule has 1 aromatic rings. The third-order valence-corrected chi connectivity index (χ3v) is 3.97. The van der Waals surface area contributed by atoms with Crippen LogP contribution in [0.3, 0.4) is 0 Å². The average Bonchev–Trinajstić information content (AvgIpc) is 2.21. The molecule has 0 aliphatic heterocycles. The zero-order valence-electron chi connectivity index (χ0n) is 9.33. The van der Waals surface area contributed by atoms with Crippen molar-refractivity contribution in [3.05, 3.63) is 22.2 Å². The van der Waals surface area contributed by atoms with Gasteiger partial charge in [-0.1, -0.05) is 36.5 Å². The number of anilines is 2. The zero-order valence-corrected chi connectivity index (χ0v) is 11.7. The first-order valence-electron chi connectivity index (χ1n) is 5.10. The molecule has 1 aromatic carbocycles. The Morgan fingerprint density at radius 2 is 2.00 bits per heavy atom. The third kappa shape index (κ3) is 4.26. The van der Waals surface area contributed by atoms with E-state index < -0.39 is 10.0 Å². The highest BCUT2D eigenvalue weighted by Crippen LogP contribution is 2.32. The third-order valence-electron chi connectivity index (χ3n) is 2.11. The van der Waals surface area contributed by atoms with Gasteiger partial charge in [0.2, 0.25) is 10.0 Å². The summed E-state index contributed by atoms with van der Waals surface area (Å²) < 4.78 is 25.8. The average molecular weight is 297 g/mol. The van der Waals surface area contributed by atoms with E-state index in [4.69, 9.17) is 28.9 Å². The molecule has 0 radical (unpaired) electrons. The fourth-order valence-corrected chi connectivity index (χ4v) is 3.16. The number of nitrogens with one attached hydrogen (secondary N) is 1. The summed E-state index contributed by atoms with van der Waals surface area (Å²) >= 11 is 11.6. The number of sulfonamides is 1. The molecule has 0 fully saturated rings. The van der Waals surface area contributed by atoms with Gasteiger partial charge in [0, 0.05) is 5.02 Å². The highest BCUT2D eigenvalue weighted by atomic mass is 35.5. The standard InChI is InChI=1S/C10H14Cl2N2O2S/c1-2-3-4-17(15,16)14-10-8(12)5-7(11)6-9(10)13/h5-6,14H,2-4,13H2,1H3. The quantitative estimate of drug-likeness (QED) is 0.820. The van der Waals surface area contributed by atoms with E-state index in [1.165, 1.54) is 12.1 Å². The first-order valence-corrected chi connectivity index (χ1v) is 7.51. The molecule has 17 heavy (non-hydrogen) atoms. The van der Waals surface area contributed by atoms with Crippen LogP contribution in [0.2, 0.25) is 10.0 Å². The van der Waals surface area contributed by atoms with Crippen molar-refractivity contribution in [2.24, 2.45) is 0 Å². The molecule has 0 aliphatic carbocycles. The van der Waals surface area contributed by atoms with Crippen molar-refractivity contribution in [3.8, 4) is 0 Å². The highest BCUT2D eigenvalue weighted by Gasteiger charge is 2.14. The van der Waals surface area contributed by atoms with Gasteiger partial charge in [-0.3, -0.25) is 4.72 Å². The number of hydrogen-bond donors (Lipinski definition) is 2. The maximum atomic E-state index is 11.7. The Morgan fingerprint density at radius 1 is 1.35 bits per heavy atom. The predicted molar refractivity (Wildman–Crippen MR) is 73.2 cm³/mol. The van der Waals surface area contributed by atoms with Crippen molar-refractivity contribution in [1.29, 1.82) is 0 Å². The second kappa shape index (κ2) is 5.80. The lowest BCUT2D eigenvalue weighted by Gasteiger charge is -2.12. The van der Waals surface area contributed by atoms with E-state index in [9.17, 15) is 8.42 Å². The van der Waals surface area contributed by atoms with Gasteiger partial charge < -0.3 is 5.73 Å². The topological polar surface area (TPSA) is 72.2 Å². The molecule has 0 saturated carbocycles. The van der Waals surface area contributed by atoms with Gasteiger partial charge in [-0.2, -0.15) is 0 Å². The number of unbranched alkanes of at least 4 members (excludes halogenated alkanes) is 1. The van der Waals surface area contributed by atoms with Crippen molar-refractivity contribution in [1.82, 2.24) is 0 Å². The van der Waals surface area contributed by atoms with Crippen LogP contribution in [-0.2, 0) is 10.0 Å². The van der Waals surface area contributed by atoms with Crippen molar-refractivity contribution >= 4 is 44.6 Å². The van der Waals surface area contributed by atoms with E-state index in [0.29, 0.717) is 11.4 Å². The van der Waals surface area contributed by atoms with Gasteiger partial charge >= 0.3 is 0 Å². The monoisotopic (exact) mass is 296 g/mol. The molecule has 7 heteroatoms. The van der Waals surface area contributed by atoms with Crippen LogP contribution in [0.15, 0.2) is 12.1 Å². The van der Waals surface area contributed by atoms with Crippen LogP contribution in [-0.4, -0.2) is 14.2 Å². The molecular weight excluding hydrogens is 283 g/mol. The van der Waals surface area contributed by atoms with E-state index in [-0.39, 0.29) is 22.2 Å². The largest absolute Gasteiger partial charge is 0.397 e. The molecule has 3 N–H and O–H groups in total. The van der Waals surface area contributed by atoms with Gasteiger partial charge in [-0.15, -0.1) is 0 Å². The Bertz CT molecular complexity index is 480. The Morgan fingerprint density at radius 3 is 2.53 bits per heavy atom. The molecule has 0 heterocycles. The Kier molecular flexibility index (Phi) is 4.91. The van der Waals surface area contributed by atoms with Crippen LogP contribution < -0.4 is 10.5 Å². The second-order valence-electron chi connectivity index (χ2n) is 3.63. The van der Waals surface area contributed by atoms with Gasteiger partial charge in [0.25, 0.3) is 0 Å². The minimum Gasteiger partial charge on any atom is -0.397 e. The summed E-state index contributed by atoms with van der Waals surface area (Å²) in [6, 6.07) is 2.89. The maximum Gasteiger partial charge on any atom is 0.232 e. The van der Waals surface area contributed by atoms with Crippen LogP contribution >= 0.6 is 23.2 Å². The summed E-state index contributed by atoms with van der Waals surface area (Å²) in [5.41, 5.74) is 6.06. The van der Waals surface area contributed by atoms with Gasteiger partial charge in [0.05, 0.1) is 22.2 Å². The Labute approximate surface area is 111 Å². The summed E-state index contributed by atoms with van der Waals surface area (Å²) in [4.78, 5) is 0. The van der Waals surface area contributed by atoms with Crippen molar-refractivity contribution in [2.75, 3.05) is 16.2 Å². The lowest BCUT2D eigenvalue weighted by molar-refractivity contribution is 0.598. The van der Waals surface area contributed by atoms with E-state index in [2.05, 4.69) is 4.72 Å². The Balaban J connectivity index is 2.96. The number of nitrogen functional groups attached to an aromatic ring is 1. The second-order valence-corrected chi connectivity index (χ2v) is 6.31. The normalized spacial score (nSPS) is 11.5. The van der Waals surface area contributed by atoms with E-state index in [1.807, 2.05) is 6.92 Å². The highest BCUT2D eigenvalue weighted by molar-refractivity contribution is 7.92. The summed E-state index contributed by atoms with van der Waals surface area (Å²) in [5, 5.41) is 0.555. The molecule has 0 spiro atoms. The number of nitrogens with two attached hydrogens (primary N) is 1. The van der Waals surface area contributed by atoms with Crippen LogP contribution in [0, 0.1) is 0 Å².